The van der Waals surface area contributed by atoms with Gasteiger partial charge in [-0.3, -0.25) is 0 Å². The number of nitrogens with one attached hydrogen (secondary N) is 1. The molecule has 0 amide bonds. The largest absolute Gasteiger partial charge is 0.494 e. The van der Waals surface area contributed by atoms with E-state index >= 15 is 0 Å². The van der Waals surface area contributed by atoms with Crippen molar-refractivity contribution in [3.8, 4) is 5.75 Å². The summed E-state index contributed by atoms with van der Waals surface area (Å²) in [5, 5.41) is 3.47. The van der Waals surface area contributed by atoms with Crippen molar-refractivity contribution in [3.05, 3.63) is 29.8 Å². The summed E-state index contributed by atoms with van der Waals surface area (Å²) in [6.07, 6.45) is 0. The van der Waals surface area contributed by atoms with Crippen molar-refractivity contribution in [3.63, 3.8) is 0 Å². The van der Waals surface area contributed by atoms with Crippen molar-refractivity contribution in [1.29, 1.82) is 0 Å². The van der Waals surface area contributed by atoms with Crippen LogP contribution in [-0.4, -0.2) is 19.7 Å². The summed E-state index contributed by atoms with van der Waals surface area (Å²) in [4.78, 5) is 0. The average molecular weight is 219 g/mol. The Kier molecular flexibility index (Phi) is 3.20. The summed E-state index contributed by atoms with van der Waals surface area (Å²) in [5.41, 5.74) is 1.66. The average Bonchev–Trinajstić information content (AvgIpc) is 2.59. The zero-order valence-electron chi connectivity index (χ0n) is 10.4. The van der Waals surface area contributed by atoms with Crippen LogP contribution in [-0.2, 0) is 0 Å². The maximum atomic E-state index is 5.71. The second-order valence-electron chi connectivity index (χ2n) is 5.14. The molecule has 0 aromatic heterocycles. The second kappa shape index (κ2) is 4.46. The van der Waals surface area contributed by atoms with Crippen LogP contribution in [0.3, 0.4) is 0 Å². The highest BCUT2D eigenvalue weighted by molar-refractivity contribution is 5.38. The van der Waals surface area contributed by atoms with Gasteiger partial charge in [0.2, 0.25) is 0 Å². The maximum absolute atomic E-state index is 5.71. The summed E-state index contributed by atoms with van der Waals surface area (Å²) in [7, 11) is 0. The van der Waals surface area contributed by atoms with Gasteiger partial charge in [-0.15, -0.1) is 0 Å². The molecule has 0 aliphatic carbocycles. The van der Waals surface area contributed by atoms with Gasteiger partial charge >= 0.3 is 0 Å². The molecule has 1 unspecified atom stereocenters. The lowest BCUT2D eigenvalue weighted by molar-refractivity contribution is 0.315. The molecule has 88 valence electrons. The first-order valence-electron chi connectivity index (χ1n) is 6.07. The summed E-state index contributed by atoms with van der Waals surface area (Å²) >= 11 is 0. The molecule has 1 atom stereocenters. The normalized spacial score (nSPS) is 23.3. The third kappa shape index (κ3) is 2.07. The fraction of sp³-hybridized carbons (Fsp3) is 0.571. The van der Waals surface area contributed by atoms with Crippen LogP contribution in [0.15, 0.2) is 24.3 Å². The Balaban J connectivity index is 2.32. The van der Waals surface area contributed by atoms with Crippen molar-refractivity contribution >= 4 is 0 Å². The lowest BCUT2D eigenvalue weighted by Crippen LogP contribution is -2.21. The minimum absolute atomic E-state index is 0.313. The van der Waals surface area contributed by atoms with Gasteiger partial charge < -0.3 is 10.1 Å². The molecule has 0 saturated carbocycles. The van der Waals surface area contributed by atoms with E-state index in [-0.39, 0.29) is 0 Å². The lowest BCUT2D eigenvalue weighted by atomic mass is 9.77. The van der Waals surface area contributed by atoms with Gasteiger partial charge in [0.15, 0.2) is 0 Å². The topological polar surface area (TPSA) is 21.3 Å². The van der Waals surface area contributed by atoms with E-state index in [1.54, 1.807) is 0 Å². The van der Waals surface area contributed by atoms with Crippen LogP contribution in [0.25, 0.3) is 0 Å². The van der Waals surface area contributed by atoms with Crippen molar-refractivity contribution in [2.45, 2.75) is 26.7 Å². The van der Waals surface area contributed by atoms with Crippen LogP contribution in [0.1, 0.15) is 32.3 Å². The third-order valence-corrected chi connectivity index (χ3v) is 3.47. The van der Waals surface area contributed by atoms with Crippen LogP contribution >= 0.6 is 0 Å². The molecular weight excluding hydrogens is 198 g/mol. The first kappa shape index (κ1) is 11.5. The molecule has 1 aromatic carbocycles. The zero-order valence-corrected chi connectivity index (χ0v) is 10.4. The van der Waals surface area contributed by atoms with Crippen LogP contribution in [0.5, 0.6) is 5.75 Å². The Morgan fingerprint density at radius 1 is 1.38 bits per heavy atom. The van der Waals surface area contributed by atoms with Gasteiger partial charge in [0.1, 0.15) is 5.75 Å². The van der Waals surface area contributed by atoms with Gasteiger partial charge in [-0.25, -0.2) is 0 Å². The third-order valence-electron chi connectivity index (χ3n) is 3.47. The molecule has 1 N–H and O–H groups in total. The first-order chi connectivity index (χ1) is 7.65. The SMILES string of the molecule is CCOc1ccccc1C1CNCC1(C)C. The predicted molar refractivity (Wildman–Crippen MR) is 67.0 cm³/mol. The molecule has 0 spiro atoms. The highest BCUT2D eigenvalue weighted by Crippen LogP contribution is 2.41. The molecule has 2 nitrogen and oxygen atoms in total. The van der Waals surface area contributed by atoms with Crippen LogP contribution < -0.4 is 10.1 Å². The smallest absolute Gasteiger partial charge is 0.122 e. The Bertz CT molecular complexity index is 360. The fourth-order valence-corrected chi connectivity index (χ4v) is 2.52. The van der Waals surface area contributed by atoms with Gasteiger partial charge in [0.05, 0.1) is 6.61 Å². The molecule has 2 rings (SSSR count). The Labute approximate surface area is 98.0 Å². The standard InChI is InChI=1S/C14H21NO/c1-4-16-13-8-6-5-7-11(13)12-9-15-10-14(12,2)3/h5-8,12,15H,4,9-10H2,1-3H3. The zero-order chi connectivity index (χ0) is 11.6. The summed E-state index contributed by atoms with van der Waals surface area (Å²) in [6, 6.07) is 8.42. The first-order valence-corrected chi connectivity index (χ1v) is 6.07. The van der Waals surface area contributed by atoms with E-state index in [2.05, 4.69) is 37.4 Å². The van der Waals surface area contributed by atoms with Gasteiger partial charge in [0.25, 0.3) is 0 Å². The Morgan fingerprint density at radius 2 is 2.12 bits per heavy atom. The highest BCUT2D eigenvalue weighted by Gasteiger charge is 2.36. The van der Waals surface area contributed by atoms with Gasteiger partial charge in [0, 0.05) is 19.0 Å². The molecule has 1 aromatic rings. The van der Waals surface area contributed by atoms with Crippen LogP contribution in [0, 0.1) is 5.41 Å². The Hall–Kier alpha value is -1.02. The number of benzene rings is 1. The quantitative estimate of drug-likeness (QED) is 0.844. The predicted octanol–water partition coefficient (Wildman–Crippen LogP) is 2.80. The van der Waals surface area contributed by atoms with Crippen molar-refractivity contribution in [2.75, 3.05) is 19.7 Å². The second-order valence-corrected chi connectivity index (χ2v) is 5.14. The number of rotatable bonds is 3. The summed E-state index contributed by atoms with van der Waals surface area (Å²) in [6.45, 7) is 9.54. The molecule has 0 bridgehead atoms. The molecule has 16 heavy (non-hydrogen) atoms. The lowest BCUT2D eigenvalue weighted by Gasteiger charge is -2.27. The minimum atomic E-state index is 0.313. The van der Waals surface area contributed by atoms with E-state index < -0.39 is 0 Å². The van der Waals surface area contributed by atoms with E-state index in [1.165, 1.54) is 5.56 Å². The summed E-state index contributed by atoms with van der Waals surface area (Å²) < 4.78 is 5.71. The molecule has 1 heterocycles. The van der Waals surface area contributed by atoms with E-state index in [0.29, 0.717) is 11.3 Å². The van der Waals surface area contributed by atoms with Crippen LogP contribution in [0.2, 0.25) is 0 Å². The van der Waals surface area contributed by atoms with E-state index in [4.69, 9.17) is 4.74 Å². The molecule has 1 fully saturated rings. The Morgan fingerprint density at radius 3 is 2.75 bits per heavy atom. The monoisotopic (exact) mass is 219 g/mol. The van der Waals surface area contributed by atoms with Gasteiger partial charge in [-0.1, -0.05) is 32.0 Å². The van der Waals surface area contributed by atoms with Crippen molar-refractivity contribution in [1.82, 2.24) is 5.32 Å². The number of hydrogen-bond acceptors (Lipinski definition) is 2. The van der Waals surface area contributed by atoms with Gasteiger partial charge in [-0.05, 0) is 24.0 Å². The van der Waals surface area contributed by atoms with E-state index in [9.17, 15) is 0 Å². The number of hydrogen-bond donors (Lipinski definition) is 1. The van der Waals surface area contributed by atoms with Crippen molar-refractivity contribution < 1.29 is 4.74 Å². The molecule has 0 radical (unpaired) electrons. The molecular formula is C14H21NO. The maximum Gasteiger partial charge on any atom is 0.122 e. The molecule has 1 saturated heterocycles. The van der Waals surface area contributed by atoms with E-state index in [0.717, 1.165) is 25.4 Å². The van der Waals surface area contributed by atoms with Crippen LogP contribution in [0.4, 0.5) is 0 Å². The highest BCUT2D eigenvalue weighted by atomic mass is 16.5. The van der Waals surface area contributed by atoms with Gasteiger partial charge in [-0.2, -0.15) is 0 Å². The molecule has 1 aliphatic rings. The summed E-state index contributed by atoms with van der Waals surface area (Å²) in [5.74, 6) is 1.60. The molecule has 1 aliphatic heterocycles. The number of para-hydroxylation sites is 1. The number of ether oxygens (including phenoxy) is 1. The molecule has 2 heteroatoms. The fourth-order valence-electron chi connectivity index (χ4n) is 2.52. The minimum Gasteiger partial charge on any atom is -0.494 e. The van der Waals surface area contributed by atoms with Crippen molar-refractivity contribution in [2.24, 2.45) is 5.41 Å². The van der Waals surface area contributed by atoms with E-state index in [1.807, 2.05) is 13.0 Å².